The number of hydrogen-bond acceptors (Lipinski definition) is 3. The number of carbonyl (C=O) groups excluding carboxylic acids is 1. The van der Waals surface area contributed by atoms with Gasteiger partial charge in [-0.2, -0.15) is 0 Å². The van der Waals surface area contributed by atoms with Crippen LogP contribution >= 0.6 is 15.9 Å². The number of carboxylic acid groups (broad SMARTS) is 1. The standard InChI is InChI=1S/C15H18BrNO4/c1-10-4-2-3-7-17(10)14(18)9-21-13-8-11(16)5-6-12(13)15(19)20/h5-6,8,10H,2-4,7,9H2,1H3,(H,19,20). The van der Waals surface area contributed by atoms with Crippen molar-refractivity contribution in [3.05, 3.63) is 28.2 Å². The van der Waals surface area contributed by atoms with Gasteiger partial charge in [0.1, 0.15) is 11.3 Å². The van der Waals surface area contributed by atoms with Crippen LogP contribution in [0.25, 0.3) is 0 Å². The molecule has 0 spiro atoms. The summed E-state index contributed by atoms with van der Waals surface area (Å²) in [5.41, 5.74) is 0.0534. The molecule has 1 unspecified atom stereocenters. The first kappa shape index (κ1) is 15.8. The van der Waals surface area contributed by atoms with E-state index in [1.54, 1.807) is 12.1 Å². The second kappa shape index (κ2) is 6.93. The van der Waals surface area contributed by atoms with E-state index in [1.807, 2.05) is 11.8 Å². The molecule has 1 saturated heterocycles. The van der Waals surface area contributed by atoms with E-state index in [2.05, 4.69) is 15.9 Å². The summed E-state index contributed by atoms with van der Waals surface area (Å²) >= 11 is 3.27. The molecule has 114 valence electrons. The number of rotatable bonds is 4. The largest absolute Gasteiger partial charge is 0.483 e. The Morgan fingerprint density at radius 2 is 2.19 bits per heavy atom. The van der Waals surface area contributed by atoms with Crippen LogP contribution in [-0.2, 0) is 4.79 Å². The van der Waals surface area contributed by atoms with Gasteiger partial charge in [-0.1, -0.05) is 15.9 Å². The van der Waals surface area contributed by atoms with Crippen molar-refractivity contribution in [1.29, 1.82) is 0 Å². The Kier molecular flexibility index (Phi) is 5.22. The minimum atomic E-state index is -1.07. The Bertz CT molecular complexity index is 546. The predicted octanol–water partition coefficient (Wildman–Crippen LogP) is 2.93. The van der Waals surface area contributed by atoms with Crippen LogP contribution in [-0.4, -0.2) is 41.1 Å². The van der Waals surface area contributed by atoms with Gasteiger partial charge in [0.2, 0.25) is 0 Å². The number of piperidine rings is 1. The molecular weight excluding hydrogens is 338 g/mol. The van der Waals surface area contributed by atoms with Crippen molar-refractivity contribution in [3.8, 4) is 5.75 Å². The van der Waals surface area contributed by atoms with Gasteiger partial charge in [0.15, 0.2) is 6.61 Å². The summed E-state index contributed by atoms with van der Waals surface area (Å²) < 4.78 is 6.15. The fourth-order valence-corrected chi connectivity index (χ4v) is 2.82. The minimum absolute atomic E-state index is 0.0534. The van der Waals surface area contributed by atoms with E-state index < -0.39 is 5.97 Å². The number of likely N-dealkylation sites (tertiary alicyclic amines) is 1. The third-order valence-corrected chi connectivity index (χ3v) is 4.14. The summed E-state index contributed by atoms with van der Waals surface area (Å²) in [6.45, 7) is 2.63. The van der Waals surface area contributed by atoms with Crippen LogP contribution in [0.5, 0.6) is 5.75 Å². The molecule has 1 atom stereocenters. The van der Waals surface area contributed by atoms with Crippen LogP contribution in [0, 0.1) is 0 Å². The summed E-state index contributed by atoms with van der Waals surface area (Å²) in [4.78, 5) is 25.1. The minimum Gasteiger partial charge on any atom is -0.483 e. The number of nitrogens with zero attached hydrogens (tertiary/aromatic N) is 1. The Balaban J connectivity index is 2.04. The number of aromatic carboxylic acids is 1. The predicted molar refractivity (Wildman–Crippen MR) is 81.6 cm³/mol. The van der Waals surface area contributed by atoms with Crippen molar-refractivity contribution in [2.45, 2.75) is 32.2 Å². The fourth-order valence-electron chi connectivity index (χ4n) is 2.48. The fraction of sp³-hybridized carbons (Fsp3) is 0.467. The Labute approximate surface area is 132 Å². The number of amides is 1. The number of ether oxygens (including phenoxy) is 1. The number of carbonyl (C=O) groups is 2. The van der Waals surface area contributed by atoms with Gasteiger partial charge in [-0.15, -0.1) is 0 Å². The zero-order valence-electron chi connectivity index (χ0n) is 11.8. The molecule has 0 saturated carbocycles. The van der Waals surface area contributed by atoms with Gasteiger partial charge in [0.25, 0.3) is 5.91 Å². The topological polar surface area (TPSA) is 66.8 Å². The highest BCUT2D eigenvalue weighted by atomic mass is 79.9. The summed E-state index contributed by atoms with van der Waals surface area (Å²) in [6.07, 6.45) is 3.15. The quantitative estimate of drug-likeness (QED) is 0.901. The highest BCUT2D eigenvalue weighted by Gasteiger charge is 2.24. The van der Waals surface area contributed by atoms with Crippen LogP contribution in [0.1, 0.15) is 36.5 Å². The van der Waals surface area contributed by atoms with Crippen LogP contribution in [0.15, 0.2) is 22.7 Å². The van der Waals surface area contributed by atoms with Crippen LogP contribution in [0.3, 0.4) is 0 Å². The molecule has 1 fully saturated rings. The van der Waals surface area contributed by atoms with Crippen molar-refractivity contribution in [1.82, 2.24) is 4.90 Å². The third kappa shape index (κ3) is 3.97. The Morgan fingerprint density at radius 3 is 2.86 bits per heavy atom. The van der Waals surface area contributed by atoms with Crippen molar-refractivity contribution < 1.29 is 19.4 Å². The van der Waals surface area contributed by atoms with Gasteiger partial charge >= 0.3 is 5.97 Å². The number of hydrogen-bond donors (Lipinski definition) is 1. The lowest BCUT2D eigenvalue weighted by atomic mass is 10.0. The normalized spacial score (nSPS) is 18.4. The first-order valence-electron chi connectivity index (χ1n) is 6.94. The van der Waals surface area contributed by atoms with E-state index in [9.17, 15) is 9.59 Å². The smallest absolute Gasteiger partial charge is 0.339 e. The summed E-state index contributed by atoms with van der Waals surface area (Å²) in [5.74, 6) is -0.968. The molecule has 1 aliphatic rings. The van der Waals surface area contributed by atoms with Crippen molar-refractivity contribution >= 4 is 27.8 Å². The summed E-state index contributed by atoms with van der Waals surface area (Å²) in [6, 6.07) is 4.87. The first-order valence-corrected chi connectivity index (χ1v) is 7.73. The van der Waals surface area contributed by atoms with E-state index >= 15 is 0 Å². The highest BCUT2D eigenvalue weighted by molar-refractivity contribution is 9.10. The molecule has 0 aromatic heterocycles. The van der Waals surface area contributed by atoms with Gasteiger partial charge in [0.05, 0.1) is 0 Å². The second-order valence-corrected chi connectivity index (χ2v) is 6.08. The Hall–Kier alpha value is -1.56. The number of benzene rings is 1. The maximum absolute atomic E-state index is 12.2. The Morgan fingerprint density at radius 1 is 1.43 bits per heavy atom. The molecule has 1 N–H and O–H groups in total. The lowest BCUT2D eigenvalue weighted by Gasteiger charge is -2.33. The molecule has 2 rings (SSSR count). The monoisotopic (exact) mass is 355 g/mol. The maximum atomic E-state index is 12.2. The molecule has 1 heterocycles. The highest BCUT2D eigenvalue weighted by Crippen LogP contribution is 2.24. The second-order valence-electron chi connectivity index (χ2n) is 5.17. The molecule has 1 aromatic carbocycles. The van der Waals surface area contributed by atoms with Gasteiger partial charge in [0, 0.05) is 17.1 Å². The van der Waals surface area contributed by atoms with Crippen molar-refractivity contribution in [2.75, 3.05) is 13.2 Å². The summed E-state index contributed by atoms with van der Waals surface area (Å²) in [5, 5.41) is 9.12. The zero-order chi connectivity index (χ0) is 15.4. The van der Waals surface area contributed by atoms with Gasteiger partial charge in [-0.25, -0.2) is 4.79 Å². The lowest BCUT2D eigenvalue weighted by Crippen LogP contribution is -2.44. The number of halogens is 1. The molecule has 0 aliphatic carbocycles. The van der Waals surface area contributed by atoms with Crippen LogP contribution in [0.2, 0.25) is 0 Å². The average molecular weight is 356 g/mol. The molecular formula is C15H18BrNO4. The van der Waals surface area contributed by atoms with Gasteiger partial charge in [-0.3, -0.25) is 4.79 Å². The molecule has 0 bridgehead atoms. The molecule has 0 radical (unpaired) electrons. The van der Waals surface area contributed by atoms with E-state index in [-0.39, 0.29) is 29.9 Å². The maximum Gasteiger partial charge on any atom is 0.339 e. The zero-order valence-corrected chi connectivity index (χ0v) is 13.4. The van der Waals surface area contributed by atoms with Crippen LogP contribution in [0.4, 0.5) is 0 Å². The van der Waals surface area contributed by atoms with E-state index in [0.717, 1.165) is 25.8 Å². The molecule has 21 heavy (non-hydrogen) atoms. The van der Waals surface area contributed by atoms with Gasteiger partial charge in [-0.05, 0) is 44.4 Å². The first-order chi connectivity index (χ1) is 9.99. The SMILES string of the molecule is CC1CCCCN1C(=O)COc1cc(Br)ccc1C(=O)O. The summed E-state index contributed by atoms with van der Waals surface area (Å²) in [7, 11) is 0. The molecule has 1 aromatic rings. The van der Waals surface area contributed by atoms with Crippen LogP contribution < -0.4 is 4.74 Å². The molecule has 1 aliphatic heterocycles. The third-order valence-electron chi connectivity index (χ3n) is 3.65. The van der Waals surface area contributed by atoms with Crippen molar-refractivity contribution in [3.63, 3.8) is 0 Å². The average Bonchev–Trinajstić information content (AvgIpc) is 2.45. The molecule has 6 heteroatoms. The van der Waals surface area contributed by atoms with E-state index in [0.29, 0.717) is 4.47 Å². The molecule has 1 amide bonds. The number of carboxylic acids is 1. The van der Waals surface area contributed by atoms with E-state index in [1.165, 1.54) is 6.07 Å². The van der Waals surface area contributed by atoms with Gasteiger partial charge < -0.3 is 14.7 Å². The van der Waals surface area contributed by atoms with Crippen molar-refractivity contribution in [2.24, 2.45) is 0 Å². The van der Waals surface area contributed by atoms with E-state index in [4.69, 9.17) is 9.84 Å². The lowest BCUT2D eigenvalue weighted by molar-refractivity contribution is -0.136. The molecule has 5 nitrogen and oxygen atoms in total.